The van der Waals surface area contributed by atoms with Crippen molar-refractivity contribution in [1.82, 2.24) is 4.90 Å². The van der Waals surface area contributed by atoms with Crippen LogP contribution >= 0.6 is 0 Å². The van der Waals surface area contributed by atoms with Gasteiger partial charge in [0.15, 0.2) is 0 Å². The third-order valence-corrected chi connectivity index (χ3v) is 3.31. The molecule has 4 nitrogen and oxygen atoms in total. The first-order valence-corrected chi connectivity index (χ1v) is 7.21. The number of hydrogen-bond acceptors (Lipinski definition) is 3. The molecule has 1 aromatic carbocycles. The van der Waals surface area contributed by atoms with Crippen LogP contribution in [0.3, 0.4) is 0 Å². The van der Waals surface area contributed by atoms with Crippen molar-refractivity contribution in [2.75, 3.05) is 20.2 Å². The summed E-state index contributed by atoms with van der Waals surface area (Å²) in [6.45, 7) is 6.88. The molecule has 0 spiro atoms. The lowest BCUT2D eigenvalue weighted by atomic mass is 9.99. The number of para-hydroxylation sites is 1. The van der Waals surface area contributed by atoms with Crippen LogP contribution in [0.1, 0.15) is 32.8 Å². The number of carbonyl (C=O) groups is 1. The second-order valence-electron chi connectivity index (χ2n) is 6.11. The maximum absolute atomic E-state index is 12.0. The van der Waals surface area contributed by atoms with Crippen LogP contribution in [0.15, 0.2) is 30.3 Å². The van der Waals surface area contributed by atoms with Crippen molar-refractivity contribution in [2.45, 2.75) is 32.8 Å². The van der Waals surface area contributed by atoms with Crippen LogP contribution < -0.4 is 4.74 Å². The van der Waals surface area contributed by atoms with Crippen molar-refractivity contribution < 1.29 is 14.3 Å². The van der Waals surface area contributed by atoms with Gasteiger partial charge >= 0.3 is 6.09 Å². The zero-order valence-electron chi connectivity index (χ0n) is 13.2. The van der Waals surface area contributed by atoms with Crippen LogP contribution in [-0.4, -0.2) is 36.8 Å². The summed E-state index contributed by atoms with van der Waals surface area (Å²) < 4.78 is 10.8. The fraction of sp³-hybridized carbons (Fsp3) is 0.471. The molecule has 0 saturated heterocycles. The van der Waals surface area contributed by atoms with Crippen LogP contribution in [0.4, 0.5) is 4.79 Å². The molecule has 0 atom stereocenters. The van der Waals surface area contributed by atoms with E-state index in [-0.39, 0.29) is 6.09 Å². The highest BCUT2D eigenvalue weighted by Gasteiger charge is 2.24. The van der Waals surface area contributed by atoms with E-state index >= 15 is 0 Å². The first-order chi connectivity index (χ1) is 9.90. The molecule has 4 heteroatoms. The summed E-state index contributed by atoms with van der Waals surface area (Å²) in [5, 5.41) is 0. The molecule has 0 aliphatic carbocycles. The minimum absolute atomic E-state index is 0.252. The monoisotopic (exact) mass is 289 g/mol. The zero-order valence-corrected chi connectivity index (χ0v) is 13.2. The van der Waals surface area contributed by atoms with E-state index in [4.69, 9.17) is 9.47 Å². The quantitative estimate of drug-likeness (QED) is 0.833. The molecule has 1 aliphatic rings. The van der Waals surface area contributed by atoms with E-state index < -0.39 is 5.60 Å². The molecule has 0 radical (unpaired) electrons. The fourth-order valence-electron chi connectivity index (χ4n) is 2.32. The van der Waals surface area contributed by atoms with Gasteiger partial charge in [-0.25, -0.2) is 4.79 Å². The van der Waals surface area contributed by atoms with Crippen molar-refractivity contribution in [3.05, 3.63) is 35.9 Å². The Hall–Kier alpha value is -1.97. The first-order valence-electron chi connectivity index (χ1n) is 7.21. The highest BCUT2D eigenvalue weighted by Crippen LogP contribution is 2.30. The normalized spacial score (nSPS) is 15.4. The maximum atomic E-state index is 12.0. The van der Waals surface area contributed by atoms with E-state index in [1.807, 2.05) is 45.0 Å². The van der Waals surface area contributed by atoms with E-state index in [2.05, 4.69) is 6.08 Å². The van der Waals surface area contributed by atoms with Crippen LogP contribution in [-0.2, 0) is 4.74 Å². The number of methoxy groups -OCH3 is 1. The van der Waals surface area contributed by atoms with E-state index in [0.29, 0.717) is 13.1 Å². The lowest BCUT2D eigenvalue weighted by molar-refractivity contribution is 0.0270. The number of hydrogen-bond donors (Lipinski definition) is 0. The van der Waals surface area contributed by atoms with E-state index in [1.54, 1.807) is 12.0 Å². The van der Waals surface area contributed by atoms with Gasteiger partial charge < -0.3 is 14.4 Å². The molecule has 0 bridgehead atoms. The maximum Gasteiger partial charge on any atom is 0.410 e. The number of amides is 1. The average Bonchev–Trinajstić information content (AvgIpc) is 2.45. The topological polar surface area (TPSA) is 38.8 Å². The molecule has 114 valence electrons. The van der Waals surface area contributed by atoms with E-state index in [0.717, 1.165) is 17.7 Å². The summed E-state index contributed by atoms with van der Waals surface area (Å²) in [5.41, 5.74) is 1.86. The lowest BCUT2D eigenvalue weighted by Crippen LogP contribution is -2.39. The standard InChI is InChI=1S/C17H23NO3/c1-17(2,3)21-16(19)18-11-9-13(10-12-18)14-7-5-6-8-15(14)20-4/h5-9H,10-12H2,1-4H3. The summed E-state index contributed by atoms with van der Waals surface area (Å²) in [4.78, 5) is 13.8. The Bertz CT molecular complexity index is 543. The van der Waals surface area contributed by atoms with Crippen LogP contribution in [0, 0.1) is 0 Å². The smallest absolute Gasteiger partial charge is 0.410 e. The zero-order chi connectivity index (χ0) is 15.5. The Morgan fingerprint density at radius 1 is 1.24 bits per heavy atom. The Balaban J connectivity index is 2.07. The van der Waals surface area contributed by atoms with Gasteiger partial charge in [-0.05, 0) is 38.8 Å². The molecule has 21 heavy (non-hydrogen) atoms. The highest BCUT2D eigenvalue weighted by atomic mass is 16.6. The molecule has 1 heterocycles. The molecule has 1 aromatic rings. The molecule has 0 saturated carbocycles. The van der Waals surface area contributed by atoms with Gasteiger partial charge in [-0.15, -0.1) is 0 Å². The van der Waals surface area contributed by atoms with Crippen molar-refractivity contribution >= 4 is 11.7 Å². The van der Waals surface area contributed by atoms with Gasteiger partial charge in [0.1, 0.15) is 11.4 Å². The molecular weight excluding hydrogens is 266 g/mol. The van der Waals surface area contributed by atoms with Crippen molar-refractivity contribution in [3.63, 3.8) is 0 Å². The van der Waals surface area contributed by atoms with Crippen LogP contribution in [0.5, 0.6) is 5.75 Å². The largest absolute Gasteiger partial charge is 0.496 e. The summed E-state index contributed by atoms with van der Waals surface area (Å²) in [5.74, 6) is 0.870. The molecule has 2 rings (SSSR count). The molecular formula is C17H23NO3. The van der Waals surface area contributed by atoms with Gasteiger partial charge in [0.2, 0.25) is 0 Å². The fourth-order valence-corrected chi connectivity index (χ4v) is 2.32. The van der Waals surface area contributed by atoms with Gasteiger partial charge in [-0.2, -0.15) is 0 Å². The van der Waals surface area contributed by atoms with Crippen molar-refractivity contribution in [2.24, 2.45) is 0 Å². The molecule has 0 aromatic heterocycles. The SMILES string of the molecule is COc1ccccc1C1=CCN(C(=O)OC(C)(C)C)CC1. The predicted octanol–water partition coefficient (Wildman–Crippen LogP) is 3.72. The van der Waals surface area contributed by atoms with E-state index in [1.165, 1.54) is 5.57 Å². The summed E-state index contributed by atoms with van der Waals surface area (Å²) >= 11 is 0. The van der Waals surface area contributed by atoms with E-state index in [9.17, 15) is 4.79 Å². The van der Waals surface area contributed by atoms with Gasteiger partial charge in [-0.3, -0.25) is 0 Å². The van der Waals surface area contributed by atoms with Crippen LogP contribution in [0.25, 0.3) is 5.57 Å². The number of benzene rings is 1. The van der Waals surface area contributed by atoms with Gasteiger partial charge in [0, 0.05) is 18.7 Å². The Morgan fingerprint density at radius 3 is 2.52 bits per heavy atom. The molecule has 0 fully saturated rings. The molecule has 1 aliphatic heterocycles. The first kappa shape index (κ1) is 15.4. The van der Waals surface area contributed by atoms with Gasteiger partial charge in [-0.1, -0.05) is 24.3 Å². The Morgan fingerprint density at radius 2 is 1.95 bits per heavy atom. The number of nitrogens with zero attached hydrogens (tertiary/aromatic N) is 1. The molecule has 0 N–H and O–H groups in total. The number of carbonyl (C=O) groups excluding carboxylic acids is 1. The molecule has 0 unspecified atom stereocenters. The second-order valence-corrected chi connectivity index (χ2v) is 6.11. The van der Waals surface area contributed by atoms with Crippen molar-refractivity contribution in [3.8, 4) is 5.75 Å². The third-order valence-electron chi connectivity index (χ3n) is 3.31. The summed E-state index contributed by atoms with van der Waals surface area (Å²) in [7, 11) is 1.68. The lowest BCUT2D eigenvalue weighted by Gasteiger charge is -2.29. The number of ether oxygens (including phenoxy) is 2. The predicted molar refractivity (Wildman–Crippen MR) is 83.4 cm³/mol. The second kappa shape index (κ2) is 6.20. The highest BCUT2D eigenvalue weighted by molar-refractivity contribution is 5.74. The average molecular weight is 289 g/mol. The number of rotatable bonds is 2. The Kier molecular flexibility index (Phi) is 4.56. The van der Waals surface area contributed by atoms with Crippen LogP contribution in [0.2, 0.25) is 0 Å². The minimum atomic E-state index is -0.455. The Labute approximate surface area is 126 Å². The summed E-state index contributed by atoms with van der Waals surface area (Å²) in [6.07, 6.45) is 2.63. The molecule has 1 amide bonds. The van der Waals surface area contributed by atoms with Gasteiger partial charge in [0.25, 0.3) is 0 Å². The van der Waals surface area contributed by atoms with Gasteiger partial charge in [0.05, 0.1) is 7.11 Å². The third kappa shape index (κ3) is 4.00. The van der Waals surface area contributed by atoms with Crippen molar-refractivity contribution in [1.29, 1.82) is 0 Å². The minimum Gasteiger partial charge on any atom is -0.496 e. The summed E-state index contributed by atoms with van der Waals surface area (Å²) in [6, 6.07) is 7.96.